The Hall–Kier alpha value is -0.690. The summed E-state index contributed by atoms with van der Waals surface area (Å²) in [5.41, 5.74) is 0. The molecule has 0 saturated carbocycles. The summed E-state index contributed by atoms with van der Waals surface area (Å²) in [5.74, 6) is -0.126. The van der Waals surface area contributed by atoms with Gasteiger partial charge in [-0.15, -0.1) is 0 Å². The molecule has 1 heterocycles. The highest BCUT2D eigenvalue weighted by Crippen LogP contribution is 2.03. The Bertz CT molecular complexity index is 226. The highest BCUT2D eigenvalue weighted by atomic mass is 16.5. The largest absolute Gasteiger partial charge is 0.383 e. The van der Waals surface area contributed by atoms with Crippen molar-refractivity contribution in [3.63, 3.8) is 0 Å². The molecule has 1 fully saturated rings. The zero-order valence-corrected chi connectivity index (χ0v) is 10.5. The van der Waals surface area contributed by atoms with Crippen LogP contribution in [0, 0.1) is 0 Å². The number of amides is 1. The second-order valence-corrected chi connectivity index (χ2v) is 4.08. The predicted molar refractivity (Wildman–Crippen MR) is 62.9 cm³/mol. The van der Waals surface area contributed by atoms with Gasteiger partial charge in [-0.3, -0.25) is 4.79 Å². The Kier molecular flexibility index (Phi) is 7.11. The number of carbonyl (C=O) groups excluding carboxylic acids is 1. The molecule has 1 rings (SSSR count). The average Bonchev–Trinajstić information content (AvgIpc) is 2.29. The molecule has 2 atom stereocenters. The minimum Gasteiger partial charge on any atom is -0.383 e. The molecule has 6 nitrogen and oxygen atoms in total. The topological polar surface area (TPSA) is 68.8 Å². The molecule has 2 unspecified atom stereocenters. The fraction of sp³-hybridized carbons (Fsp3) is 0.909. The maximum absolute atomic E-state index is 11.3. The van der Waals surface area contributed by atoms with Crippen LogP contribution < -0.4 is 10.6 Å². The predicted octanol–water partition coefficient (Wildman–Crippen LogP) is -0.857. The van der Waals surface area contributed by atoms with E-state index in [2.05, 4.69) is 10.6 Å². The summed E-state index contributed by atoms with van der Waals surface area (Å²) >= 11 is 0. The van der Waals surface area contributed by atoms with Gasteiger partial charge < -0.3 is 24.8 Å². The molecule has 0 spiro atoms. The monoisotopic (exact) mass is 246 g/mol. The van der Waals surface area contributed by atoms with Gasteiger partial charge in [-0.05, 0) is 6.92 Å². The van der Waals surface area contributed by atoms with E-state index in [1.165, 1.54) is 0 Å². The molecule has 100 valence electrons. The molecular weight excluding hydrogens is 224 g/mol. The van der Waals surface area contributed by atoms with Crippen molar-refractivity contribution in [1.29, 1.82) is 0 Å². The first-order valence-electron chi connectivity index (χ1n) is 5.92. The lowest BCUT2D eigenvalue weighted by atomic mass is 10.2. The van der Waals surface area contributed by atoms with E-state index in [9.17, 15) is 4.79 Å². The first kappa shape index (κ1) is 14.4. The maximum Gasteiger partial charge on any atom is 0.246 e. The normalized spacial score (nSPS) is 24.6. The summed E-state index contributed by atoms with van der Waals surface area (Å²) in [6.07, 6.45) is 0.235. The van der Waals surface area contributed by atoms with Crippen LogP contribution in [0.25, 0.3) is 0 Å². The number of carbonyl (C=O) groups is 1. The van der Waals surface area contributed by atoms with Gasteiger partial charge in [0.15, 0.2) is 0 Å². The number of morpholine rings is 1. The van der Waals surface area contributed by atoms with Gasteiger partial charge in [0.1, 0.15) is 6.61 Å². The van der Waals surface area contributed by atoms with Gasteiger partial charge in [-0.2, -0.15) is 0 Å². The van der Waals surface area contributed by atoms with E-state index in [4.69, 9.17) is 14.2 Å². The number of rotatable bonds is 7. The van der Waals surface area contributed by atoms with Crippen molar-refractivity contribution in [1.82, 2.24) is 10.6 Å². The van der Waals surface area contributed by atoms with Crippen LogP contribution >= 0.6 is 0 Å². The summed E-state index contributed by atoms with van der Waals surface area (Å²) in [6, 6.07) is 0. The van der Waals surface area contributed by atoms with Gasteiger partial charge in [0, 0.05) is 26.7 Å². The number of nitrogens with one attached hydrogen (secondary N) is 2. The summed E-state index contributed by atoms with van der Waals surface area (Å²) < 4.78 is 15.7. The van der Waals surface area contributed by atoms with E-state index < -0.39 is 0 Å². The molecule has 1 saturated heterocycles. The quantitative estimate of drug-likeness (QED) is 0.572. The Morgan fingerprint density at radius 2 is 2.35 bits per heavy atom. The summed E-state index contributed by atoms with van der Waals surface area (Å²) in [6.45, 7) is 5.18. The molecule has 0 aromatic rings. The van der Waals surface area contributed by atoms with Crippen LogP contribution in [-0.2, 0) is 19.0 Å². The average molecular weight is 246 g/mol. The van der Waals surface area contributed by atoms with E-state index in [-0.39, 0.29) is 24.7 Å². The number of methoxy groups -OCH3 is 1. The molecule has 17 heavy (non-hydrogen) atoms. The lowest BCUT2D eigenvalue weighted by Crippen LogP contribution is -2.45. The third kappa shape index (κ3) is 6.58. The van der Waals surface area contributed by atoms with Crippen molar-refractivity contribution >= 4 is 5.91 Å². The molecule has 1 aliphatic rings. The highest BCUT2D eigenvalue weighted by Gasteiger charge is 2.18. The van der Waals surface area contributed by atoms with Gasteiger partial charge in [-0.1, -0.05) is 0 Å². The minimum absolute atomic E-state index is 0.0329. The highest BCUT2D eigenvalue weighted by molar-refractivity contribution is 5.77. The molecule has 0 bridgehead atoms. The van der Waals surface area contributed by atoms with E-state index >= 15 is 0 Å². The van der Waals surface area contributed by atoms with E-state index in [0.717, 1.165) is 13.1 Å². The molecular formula is C11H22N2O4. The Morgan fingerprint density at radius 3 is 3.06 bits per heavy atom. The maximum atomic E-state index is 11.3. The summed E-state index contributed by atoms with van der Waals surface area (Å²) in [4.78, 5) is 11.3. The van der Waals surface area contributed by atoms with Crippen molar-refractivity contribution in [3.05, 3.63) is 0 Å². The summed E-state index contributed by atoms with van der Waals surface area (Å²) in [5, 5.41) is 5.93. The van der Waals surface area contributed by atoms with Crippen molar-refractivity contribution in [2.75, 3.05) is 46.6 Å². The smallest absolute Gasteiger partial charge is 0.246 e. The van der Waals surface area contributed by atoms with Crippen molar-refractivity contribution < 1.29 is 19.0 Å². The van der Waals surface area contributed by atoms with Gasteiger partial charge in [0.25, 0.3) is 0 Å². The standard InChI is InChI=1S/C11H22N2O4/c1-9-5-12-6-10(17-9)7-16-8-11(14)13-3-4-15-2/h9-10,12H,3-8H2,1-2H3,(H,13,14). The molecule has 2 N–H and O–H groups in total. The third-order valence-corrected chi connectivity index (χ3v) is 2.39. The van der Waals surface area contributed by atoms with E-state index in [1.807, 2.05) is 6.92 Å². The van der Waals surface area contributed by atoms with Crippen LogP contribution in [0.3, 0.4) is 0 Å². The molecule has 6 heteroatoms. The zero-order valence-electron chi connectivity index (χ0n) is 10.5. The van der Waals surface area contributed by atoms with Gasteiger partial charge in [0.2, 0.25) is 5.91 Å². The Morgan fingerprint density at radius 1 is 1.53 bits per heavy atom. The van der Waals surface area contributed by atoms with Crippen LogP contribution in [0.5, 0.6) is 0 Å². The number of hydrogen-bond acceptors (Lipinski definition) is 5. The van der Waals surface area contributed by atoms with E-state index in [1.54, 1.807) is 7.11 Å². The minimum atomic E-state index is -0.126. The summed E-state index contributed by atoms with van der Waals surface area (Å²) in [7, 11) is 1.59. The third-order valence-electron chi connectivity index (χ3n) is 2.39. The van der Waals surface area contributed by atoms with Crippen molar-refractivity contribution in [2.45, 2.75) is 19.1 Å². The van der Waals surface area contributed by atoms with Crippen LogP contribution in [-0.4, -0.2) is 64.7 Å². The molecule has 0 radical (unpaired) electrons. The molecule has 0 aromatic carbocycles. The number of ether oxygens (including phenoxy) is 3. The zero-order chi connectivity index (χ0) is 12.5. The van der Waals surface area contributed by atoms with E-state index in [0.29, 0.717) is 19.8 Å². The first-order chi connectivity index (χ1) is 8.22. The SMILES string of the molecule is COCCNC(=O)COCC1CNCC(C)O1. The van der Waals surface area contributed by atoms with Crippen LogP contribution in [0.2, 0.25) is 0 Å². The second kappa shape index (κ2) is 8.41. The fourth-order valence-electron chi connectivity index (χ4n) is 1.60. The first-order valence-corrected chi connectivity index (χ1v) is 5.92. The van der Waals surface area contributed by atoms with Crippen molar-refractivity contribution in [3.8, 4) is 0 Å². The van der Waals surface area contributed by atoms with Gasteiger partial charge in [-0.25, -0.2) is 0 Å². The fourth-order valence-corrected chi connectivity index (χ4v) is 1.60. The second-order valence-electron chi connectivity index (χ2n) is 4.08. The van der Waals surface area contributed by atoms with Crippen LogP contribution in [0.15, 0.2) is 0 Å². The Labute approximate surface area is 102 Å². The molecule has 0 aliphatic carbocycles. The molecule has 1 aliphatic heterocycles. The van der Waals surface area contributed by atoms with Gasteiger partial charge in [0.05, 0.1) is 25.4 Å². The lowest BCUT2D eigenvalue weighted by Gasteiger charge is -2.28. The van der Waals surface area contributed by atoms with Crippen LogP contribution in [0.4, 0.5) is 0 Å². The Balaban J connectivity index is 2.00. The number of hydrogen-bond donors (Lipinski definition) is 2. The lowest BCUT2D eigenvalue weighted by molar-refractivity contribution is -0.128. The van der Waals surface area contributed by atoms with Crippen LogP contribution in [0.1, 0.15) is 6.92 Å². The van der Waals surface area contributed by atoms with Gasteiger partial charge >= 0.3 is 0 Å². The molecule has 1 amide bonds. The van der Waals surface area contributed by atoms with Crippen molar-refractivity contribution in [2.24, 2.45) is 0 Å². The molecule has 0 aromatic heterocycles.